The fraction of sp³-hybridized carbons (Fsp3) is 0.413. The Balaban J connectivity index is 1.26. The van der Waals surface area contributed by atoms with E-state index in [0.717, 1.165) is 84.9 Å². The number of carbonyl (C=O) groups is 5. The molecule has 0 spiro atoms. The Bertz CT molecular complexity index is 2050. The smallest absolute Gasteiger partial charge is 0.337 e. The second-order valence-corrected chi connectivity index (χ2v) is 16.8. The van der Waals surface area contributed by atoms with Gasteiger partial charge >= 0.3 is 11.9 Å². The van der Waals surface area contributed by atoms with Gasteiger partial charge in [-0.1, -0.05) is 64.1 Å². The van der Waals surface area contributed by atoms with Crippen molar-refractivity contribution in [1.82, 2.24) is 4.90 Å². The quantitative estimate of drug-likeness (QED) is 0.0852. The summed E-state index contributed by atoms with van der Waals surface area (Å²) in [6.07, 6.45) is 7.78. The van der Waals surface area contributed by atoms with Crippen LogP contribution in [0.5, 0.6) is 0 Å². The van der Waals surface area contributed by atoms with E-state index in [-0.39, 0.29) is 42.6 Å². The number of amides is 3. The fourth-order valence-corrected chi connectivity index (χ4v) is 8.86. The molecule has 10 nitrogen and oxygen atoms in total. The molecule has 11 heteroatoms. The van der Waals surface area contributed by atoms with Crippen molar-refractivity contribution in [2.24, 2.45) is 5.41 Å². The largest absolute Gasteiger partial charge is 0.481 e. The van der Waals surface area contributed by atoms with Crippen molar-refractivity contribution in [3.05, 3.63) is 117 Å². The van der Waals surface area contributed by atoms with E-state index in [0.29, 0.717) is 33.9 Å². The second kappa shape index (κ2) is 19.7. The predicted octanol–water partition coefficient (Wildman–Crippen LogP) is 9.50. The number of carboxylic acid groups (broad SMARTS) is 1. The van der Waals surface area contributed by atoms with E-state index in [1.54, 1.807) is 44.2 Å². The number of carbonyl (C=O) groups excluding carboxylic acids is 4. The zero-order valence-corrected chi connectivity index (χ0v) is 34.6. The molecule has 0 saturated carbocycles. The molecule has 302 valence electrons. The molecule has 0 aliphatic heterocycles. The molecule has 3 amide bonds. The number of rotatable bonds is 18. The molecule has 0 fully saturated rings. The number of thiophene rings is 1. The topological polar surface area (TPSA) is 142 Å². The van der Waals surface area contributed by atoms with Gasteiger partial charge in [-0.15, -0.1) is 11.3 Å². The van der Waals surface area contributed by atoms with Gasteiger partial charge < -0.3 is 25.4 Å². The Labute approximate surface area is 340 Å². The Morgan fingerprint density at radius 2 is 1.46 bits per heavy atom. The molecule has 1 aliphatic rings. The third-order valence-corrected chi connectivity index (χ3v) is 11.9. The number of esters is 1. The van der Waals surface area contributed by atoms with Crippen LogP contribution < -0.4 is 10.6 Å². The molecule has 3 aromatic carbocycles. The minimum Gasteiger partial charge on any atom is -0.481 e. The number of carboxylic acids is 1. The highest BCUT2D eigenvalue weighted by atomic mass is 32.1. The van der Waals surface area contributed by atoms with E-state index < -0.39 is 11.4 Å². The highest BCUT2D eigenvalue weighted by Crippen LogP contribution is 2.39. The van der Waals surface area contributed by atoms with Crippen LogP contribution in [0.2, 0.25) is 0 Å². The van der Waals surface area contributed by atoms with E-state index in [2.05, 4.69) is 10.6 Å². The molecule has 5 rings (SSSR count). The molecule has 1 aliphatic carbocycles. The SMILES string of the molecule is CCC(CC)N(Cc1cccc(C(=O)Nc2sc3c(c2C(=O)Nc2ccc(CCCc4ccc(C(=O)OC)cc4)cc2)CCCC3)c1)C(=O)CC(C)(C)CC(=O)O. The first-order valence-electron chi connectivity index (χ1n) is 19.9. The van der Waals surface area contributed by atoms with Gasteiger partial charge in [0, 0.05) is 35.1 Å². The van der Waals surface area contributed by atoms with Crippen molar-refractivity contribution in [3.63, 3.8) is 0 Å². The van der Waals surface area contributed by atoms with Crippen molar-refractivity contribution in [3.8, 4) is 0 Å². The van der Waals surface area contributed by atoms with Crippen molar-refractivity contribution >= 4 is 51.7 Å². The highest BCUT2D eigenvalue weighted by molar-refractivity contribution is 7.17. The van der Waals surface area contributed by atoms with Crippen molar-refractivity contribution in [2.75, 3.05) is 17.7 Å². The number of aliphatic carboxylic acids is 1. The number of fused-ring (bicyclic) bond motifs is 1. The van der Waals surface area contributed by atoms with Crippen LogP contribution in [0, 0.1) is 5.41 Å². The number of nitrogens with one attached hydrogen (secondary N) is 2. The van der Waals surface area contributed by atoms with E-state index in [1.165, 1.54) is 18.4 Å². The summed E-state index contributed by atoms with van der Waals surface area (Å²) in [4.78, 5) is 67.5. The van der Waals surface area contributed by atoms with Crippen LogP contribution in [0.15, 0.2) is 72.8 Å². The van der Waals surface area contributed by atoms with Gasteiger partial charge in [0.1, 0.15) is 5.00 Å². The number of anilines is 2. The number of ether oxygens (including phenoxy) is 1. The third kappa shape index (κ3) is 11.6. The van der Waals surface area contributed by atoms with Crippen LogP contribution in [0.4, 0.5) is 10.7 Å². The van der Waals surface area contributed by atoms with Gasteiger partial charge in [0.2, 0.25) is 5.91 Å². The van der Waals surface area contributed by atoms with Crippen LogP contribution in [-0.4, -0.2) is 52.8 Å². The zero-order chi connectivity index (χ0) is 41.1. The number of benzene rings is 3. The summed E-state index contributed by atoms with van der Waals surface area (Å²) in [7, 11) is 1.37. The molecule has 0 unspecified atom stereocenters. The maximum absolute atomic E-state index is 13.9. The van der Waals surface area contributed by atoms with Gasteiger partial charge in [0.25, 0.3) is 11.8 Å². The normalized spacial score (nSPS) is 12.5. The first-order valence-corrected chi connectivity index (χ1v) is 20.8. The Hall–Kier alpha value is -5.29. The molecule has 1 heterocycles. The maximum atomic E-state index is 13.9. The van der Waals surface area contributed by atoms with Gasteiger partial charge in [-0.3, -0.25) is 19.2 Å². The van der Waals surface area contributed by atoms with Crippen molar-refractivity contribution < 1.29 is 33.8 Å². The molecule has 57 heavy (non-hydrogen) atoms. The summed E-state index contributed by atoms with van der Waals surface area (Å²) in [6, 6.07) is 22.5. The first kappa shape index (κ1) is 42.8. The summed E-state index contributed by atoms with van der Waals surface area (Å²) in [6.45, 7) is 7.95. The standard InChI is InChI=1S/C46H55N3O7S/c1-6-36(7-2)49(39(50)27-46(3,4)28-40(51)52)29-32-14-11-15-34(26-32)42(53)48-44-41(37-16-8-9-17-38(37)57-44)43(54)47-35-24-20-31(21-25-35)13-10-12-30-18-22-33(23-19-30)45(55)56-5/h11,14-15,18-26,36H,6-10,12-13,16-17,27-29H2,1-5H3,(H,47,54)(H,48,53)(H,51,52). The van der Waals surface area contributed by atoms with Crippen LogP contribution in [0.3, 0.4) is 0 Å². The molecule has 1 aromatic heterocycles. The Morgan fingerprint density at radius 3 is 2.09 bits per heavy atom. The number of hydrogen-bond donors (Lipinski definition) is 3. The number of nitrogens with zero attached hydrogens (tertiary/aromatic N) is 1. The van der Waals surface area contributed by atoms with Gasteiger partial charge in [0.05, 0.1) is 24.7 Å². The summed E-state index contributed by atoms with van der Waals surface area (Å²) in [5, 5.41) is 16.0. The number of aryl methyl sites for hydroxylation is 3. The van der Waals surface area contributed by atoms with Gasteiger partial charge in [-0.05, 0) is 122 Å². The average molecular weight is 794 g/mol. The molecule has 0 atom stereocenters. The monoisotopic (exact) mass is 793 g/mol. The van der Waals surface area contributed by atoms with Crippen LogP contribution in [-0.2, 0) is 46.6 Å². The molecule has 0 bridgehead atoms. The fourth-order valence-electron chi connectivity index (χ4n) is 7.58. The van der Waals surface area contributed by atoms with Crippen LogP contribution >= 0.6 is 11.3 Å². The molecule has 4 aromatic rings. The molecular weight excluding hydrogens is 739 g/mol. The van der Waals surface area contributed by atoms with Crippen molar-refractivity contribution in [2.45, 2.75) is 111 Å². The molecule has 0 radical (unpaired) electrons. The van der Waals surface area contributed by atoms with E-state index in [9.17, 15) is 29.1 Å². The zero-order valence-electron chi connectivity index (χ0n) is 33.7. The number of methoxy groups -OCH3 is 1. The third-order valence-electron chi connectivity index (χ3n) is 10.6. The van der Waals surface area contributed by atoms with Gasteiger partial charge in [-0.2, -0.15) is 0 Å². The van der Waals surface area contributed by atoms with E-state index in [4.69, 9.17) is 4.74 Å². The lowest BCUT2D eigenvalue weighted by Gasteiger charge is -2.34. The Morgan fingerprint density at radius 1 is 0.807 bits per heavy atom. The summed E-state index contributed by atoms with van der Waals surface area (Å²) in [5.41, 5.74) is 5.51. The minimum atomic E-state index is -0.937. The van der Waals surface area contributed by atoms with E-state index in [1.807, 2.05) is 61.2 Å². The van der Waals surface area contributed by atoms with Crippen molar-refractivity contribution in [1.29, 1.82) is 0 Å². The van der Waals surface area contributed by atoms with E-state index >= 15 is 0 Å². The van der Waals surface area contributed by atoms with Crippen LogP contribution in [0.1, 0.15) is 131 Å². The Kier molecular flexibility index (Phi) is 14.8. The lowest BCUT2D eigenvalue weighted by Crippen LogP contribution is -2.41. The average Bonchev–Trinajstić information content (AvgIpc) is 3.55. The maximum Gasteiger partial charge on any atom is 0.337 e. The van der Waals surface area contributed by atoms with Crippen LogP contribution in [0.25, 0.3) is 0 Å². The molecule has 0 saturated heterocycles. The molecule has 3 N–H and O–H groups in total. The first-order chi connectivity index (χ1) is 27.3. The summed E-state index contributed by atoms with van der Waals surface area (Å²) in [5.74, 6) is -1.99. The minimum absolute atomic E-state index is 0.0320. The lowest BCUT2D eigenvalue weighted by atomic mass is 9.85. The summed E-state index contributed by atoms with van der Waals surface area (Å²) < 4.78 is 4.78. The summed E-state index contributed by atoms with van der Waals surface area (Å²) >= 11 is 1.46. The lowest BCUT2D eigenvalue weighted by molar-refractivity contribution is -0.141. The highest BCUT2D eigenvalue weighted by Gasteiger charge is 2.31. The number of hydrogen-bond acceptors (Lipinski definition) is 7. The van der Waals surface area contributed by atoms with Gasteiger partial charge in [-0.25, -0.2) is 4.79 Å². The second-order valence-electron chi connectivity index (χ2n) is 15.7. The van der Waals surface area contributed by atoms with Gasteiger partial charge in [0.15, 0.2) is 0 Å². The predicted molar refractivity (Wildman–Crippen MR) is 225 cm³/mol. The molecular formula is C46H55N3O7S.